The summed E-state index contributed by atoms with van der Waals surface area (Å²) in [5.41, 5.74) is 6.47. The van der Waals surface area contributed by atoms with Crippen molar-refractivity contribution in [3.05, 3.63) is 72.7 Å². The van der Waals surface area contributed by atoms with Crippen LogP contribution in [0.15, 0.2) is 61.1 Å². The number of nitrogens with zero attached hydrogens (tertiary/aromatic N) is 4. The molecule has 15 heteroatoms. The molecule has 4 amide bonds. The predicted molar refractivity (Wildman–Crippen MR) is 215 cm³/mol. The number of fused-ring (bicyclic) bond motifs is 1. The molecule has 2 fully saturated rings. The number of alkyl carbamates (subject to hydrolysis) is 2. The number of H-pyrrole nitrogens is 3. The fraction of sp³-hybridized carbons (Fsp3) is 0.429. The lowest BCUT2D eigenvalue weighted by Crippen LogP contribution is -2.51. The number of amides is 4. The highest BCUT2D eigenvalue weighted by Gasteiger charge is 2.39. The van der Waals surface area contributed by atoms with Crippen molar-refractivity contribution in [3.63, 3.8) is 0 Å². The number of nitrogens with one attached hydrogen (secondary N) is 5. The average molecular weight is 778 g/mol. The second-order valence-corrected chi connectivity index (χ2v) is 15.4. The number of benzene rings is 2. The van der Waals surface area contributed by atoms with Crippen molar-refractivity contribution in [2.75, 3.05) is 27.3 Å². The summed E-state index contributed by atoms with van der Waals surface area (Å²) in [5.74, 6) is 0.903. The zero-order chi connectivity index (χ0) is 40.4. The van der Waals surface area contributed by atoms with E-state index in [1.54, 1.807) is 0 Å². The summed E-state index contributed by atoms with van der Waals surface area (Å²) in [6.07, 6.45) is 7.64. The summed E-state index contributed by atoms with van der Waals surface area (Å²) in [7, 11) is 2.58. The Bertz CT molecular complexity index is 2240. The second-order valence-electron chi connectivity index (χ2n) is 15.4. The van der Waals surface area contributed by atoms with Crippen LogP contribution in [0.5, 0.6) is 0 Å². The third-order valence-electron chi connectivity index (χ3n) is 11.2. The van der Waals surface area contributed by atoms with Crippen LogP contribution in [0.2, 0.25) is 0 Å². The summed E-state index contributed by atoms with van der Waals surface area (Å²) in [5, 5.41) is 6.45. The van der Waals surface area contributed by atoms with Crippen molar-refractivity contribution in [1.82, 2.24) is 45.4 Å². The highest BCUT2D eigenvalue weighted by atomic mass is 16.5. The second kappa shape index (κ2) is 16.5. The van der Waals surface area contributed by atoms with Crippen molar-refractivity contribution in [2.45, 2.75) is 77.5 Å². The third kappa shape index (κ3) is 7.83. The van der Waals surface area contributed by atoms with Gasteiger partial charge in [0.1, 0.15) is 23.7 Å². The molecule has 3 aromatic heterocycles. The van der Waals surface area contributed by atoms with Crippen molar-refractivity contribution in [1.29, 1.82) is 0 Å². The predicted octanol–water partition coefficient (Wildman–Crippen LogP) is 6.70. The molecule has 5 N–H and O–H groups in total. The van der Waals surface area contributed by atoms with E-state index in [2.05, 4.69) is 55.9 Å². The lowest BCUT2D eigenvalue weighted by atomic mass is 9.97. The Kier molecular flexibility index (Phi) is 11.4. The van der Waals surface area contributed by atoms with E-state index in [0.717, 1.165) is 70.2 Å². The van der Waals surface area contributed by atoms with E-state index in [1.807, 2.05) is 68.2 Å². The Labute approximate surface area is 331 Å². The molecule has 0 saturated carbocycles. The molecular weight excluding hydrogens is 727 g/mol. The quantitative estimate of drug-likeness (QED) is 0.0979. The zero-order valence-electron chi connectivity index (χ0n) is 33.2. The monoisotopic (exact) mass is 777 g/mol. The van der Waals surface area contributed by atoms with Crippen LogP contribution in [0.4, 0.5) is 9.59 Å². The van der Waals surface area contributed by atoms with Gasteiger partial charge in [0, 0.05) is 48.2 Å². The summed E-state index contributed by atoms with van der Waals surface area (Å²) in [6, 6.07) is 12.6. The molecule has 0 aliphatic carbocycles. The number of hydrogen-bond acceptors (Lipinski definition) is 8. The summed E-state index contributed by atoms with van der Waals surface area (Å²) < 4.78 is 9.54. The fourth-order valence-electron chi connectivity index (χ4n) is 8.13. The first kappa shape index (κ1) is 39.1. The van der Waals surface area contributed by atoms with Gasteiger partial charge in [0.25, 0.3) is 0 Å². The molecule has 0 unspecified atom stereocenters. The molecule has 2 aliphatic heterocycles. The number of carbonyl (C=O) groups excluding carboxylic acids is 4. The van der Waals surface area contributed by atoms with Gasteiger partial charge in [-0.1, -0.05) is 58.0 Å². The van der Waals surface area contributed by atoms with Crippen LogP contribution in [-0.4, -0.2) is 98.1 Å². The average Bonchev–Trinajstić information content (AvgIpc) is 4.07. The van der Waals surface area contributed by atoms with Crippen molar-refractivity contribution >= 4 is 34.9 Å². The van der Waals surface area contributed by atoms with Gasteiger partial charge in [-0.2, -0.15) is 0 Å². The van der Waals surface area contributed by atoms with Gasteiger partial charge in [0.15, 0.2) is 0 Å². The molecule has 7 rings (SSSR count). The number of aromatic amines is 3. The van der Waals surface area contributed by atoms with Gasteiger partial charge in [-0.15, -0.1) is 0 Å². The normalized spacial score (nSPS) is 18.0. The Morgan fingerprint density at radius 3 is 1.68 bits per heavy atom. The number of methoxy groups -OCH3 is 2. The highest BCUT2D eigenvalue weighted by molar-refractivity contribution is 6.02. The fourth-order valence-corrected chi connectivity index (χ4v) is 8.13. The molecule has 2 saturated heterocycles. The minimum atomic E-state index is -0.702. The van der Waals surface area contributed by atoms with Crippen molar-refractivity contribution in [3.8, 4) is 33.6 Å². The van der Waals surface area contributed by atoms with Gasteiger partial charge < -0.3 is 44.9 Å². The molecule has 57 heavy (non-hydrogen) atoms. The molecule has 0 bridgehead atoms. The van der Waals surface area contributed by atoms with Crippen molar-refractivity contribution < 1.29 is 28.7 Å². The highest BCUT2D eigenvalue weighted by Crippen LogP contribution is 2.38. The number of aromatic nitrogens is 5. The minimum absolute atomic E-state index is 0.111. The number of rotatable bonds is 11. The Morgan fingerprint density at radius 2 is 1.16 bits per heavy atom. The maximum Gasteiger partial charge on any atom is 0.407 e. The third-order valence-corrected chi connectivity index (χ3v) is 11.2. The number of ether oxygens (including phenoxy) is 2. The first-order chi connectivity index (χ1) is 27.5. The molecule has 4 atom stereocenters. The van der Waals surface area contributed by atoms with E-state index in [1.165, 1.54) is 14.2 Å². The van der Waals surface area contributed by atoms with E-state index < -0.39 is 24.3 Å². The molecule has 0 spiro atoms. The van der Waals surface area contributed by atoms with Crippen LogP contribution in [0.1, 0.15) is 77.1 Å². The van der Waals surface area contributed by atoms with E-state index >= 15 is 0 Å². The topological polar surface area (TPSA) is 190 Å². The molecule has 5 aromatic rings. The molecule has 2 aliphatic rings. The Morgan fingerprint density at radius 1 is 0.667 bits per heavy atom. The van der Waals surface area contributed by atoms with Crippen LogP contribution in [-0.2, 0) is 19.1 Å². The van der Waals surface area contributed by atoms with E-state index in [0.29, 0.717) is 24.7 Å². The number of imidazole rings is 2. The van der Waals surface area contributed by atoms with Gasteiger partial charge in [-0.3, -0.25) is 9.59 Å². The summed E-state index contributed by atoms with van der Waals surface area (Å²) >= 11 is 0. The molecule has 2 aromatic carbocycles. The first-order valence-corrected chi connectivity index (χ1v) is 19.6. The Balaban J connectivity index is 1.07. The van der Waals surface area contributed by atoms with Crippen LogP contribution in [0.25, 0.3) is 44.5 Å². The Hall–Kier alpha value is -6.12. The van der Waals surface area contributed by atoms with Gasteiger partial charge in [0.05, 0.1) is 43.2 Å². The summed E-state index contributed by atoms with van der Waals surface area (Å²) in [4.78, 5) is 74.8. The zero-order valence-corrected chi connectivity index (χ0v) is 33.2. The van der Waals surface area contributed by atoms with Gasteiger partial charge in [-0.05, 0) is 60.8 Å². The minimum Gasteiger partial charge on any atom is -0.453 e. The standard InChI is InChI=1S/C42H51N9O6/c1-23(2)34(48-41(54)56-5)39(52)50-19-7-9-32(50)37-44-21-30(46-37)26-13-11-25(12-14-26)27-15-16-29(36-28(27)17-18-43-36)31-22-45-38(47-31)33-10-8-20-51(33)40(53)35(24(3)4)49-42(55)57-6/h11-18,21-24,32-35,43H,7-10,19-20H2,1-6H3,(H,44,46)(H,45,47)(H,48,54)(H,49,55)/t32-,33-,34-,35-/m0/s1. The van der Waals surface area contributed by atoms with Crippen LogP contribution in [0.3, 0.4) is 0 Å². The maximum absolute atomic E-state index is 13.7. The van der Waals surface area contributed by atoms with Crippen LogP contribution < -0.4 is 10.6 Å². The van der Waals surface area contributed by atoms with E-state index in [9.17, 15) is 19.2 Å². The largest absolute Gasteiger partial charge is 0.453 e. The van der Waals surface area contributed by atoms with Gasteiger partial charge >= 0.3 is 12.2 Å². The van der Waals surface area contributed by atoms with Crippen LogP contribution >= 0.6 is 0 Å². The molecular formula is C42H51N9O6. The van der Waals surface area contributed by atoms with Crippen LogP contribution in [0, 0.1) is 11.8 Å². The molecule has 5 heterocycles. The molecule has 0 radical (unpaired) electrons. The van der Waals surface area contributed by atoms with E-state index in [-0.39, 0.29) is 35.7 Å². The van der Waals surface area contributed by atoms with Gasteiger partial charge in [-0.25, -0.2) is 19.6 Å². The van der Waals surface area contributed by atoms with E-state index in [4.69, 9.17) is 19.4 Å². The smallest absolute Gasteiger partial charge is 0.407 e. The lowest BCUT2D eigenvalue weighted by Gasteiger charge is -2.29. The molecule has 300 valence electrons. The number of hydrogen-bond donors (Lipinski definition) is 5. The van der Waals surface area contributed by atoms with Crippen molar-refractivity contribution in [2.24, 2.45) is 11.8 Å². The maximum atomic E-state index is 13.7. The summed E-state index contributed by atoms with van der Waals surface area (Å²) in [6.45, 7) is 8.77. The first-order valence-electron chi connectivity index (χ1n) is 19.6. The lowest BCUT2D eigenvalue weighted by molar-refractivity contribution is -0.136. The van der Waals surface area contributed by atoms with Gasteiger partial charge in [0.2, 0.25) is 11.8 Å². The number of likely N-dealkylation sites (tertiary alicyclic amines) is 2. The number of carbonyl (C=O) groups is 4. The SMILES string of the molecule is COC(=O)N[C@H](C(=O)N1CCC[C@H]1c1nc(-c2ccc(-c3ccc(-c4c[nH]c([C@@H]5CCCN5C(=O)[C@@H](NC(=O)OC)C(C)C)n4)c4[nH]ccc34)cc2)c[nH]1)C(C)C. The molecule has 15 nitrogen and oxygen atoms in total.